The molecule has 0 fully saturated rings. The van der Waals surface area contributed by atoms with Crippen molar-refractivity contribution >= 4 is 11.6 Å². The second kappa shape index (κ2) is 4.59. The van der Waals surface area contributed by atoms with E-state index in [1.165, 1.54) is 5.56 Å². The molecule has 0 unspecified atom stereocenters. The molecule has 5 N–H and O–H groups in total. The fraction of sp³-hybridized carbons (Fsp3) is 0.222. The Bertz CT molecular complexity index is 299. The first kappa shape index (κ1) is 11.6. The second-order valence-electron chi connectivity index (χ2n) is 2.71. The van der Waals surface area contributed by atoms with Crippen molar-refractivity contribution in [2.45, 2.75) is 12.8 Å². The molecule has 1 amide bonds. The van der Waals surface area contributed by atoms with E-state index in [2.05, 4.69) is 11.4 Å². The second-order valence-corrected chi connectivity index (χ2v) is 2.71. The van der Waals surface area contributed by atoms with Gasteiger partial charge in [0.2, 0.25) is 5.91 Å². The van der Waals surface area contributed by atoms with Crippen LogP contribution < -0.4 is 5.32 Å². The minimum atomic E-state index is 0. The molecule has 0 saturated heterocycles. The number of hydrogen-bond acceptors (Lipinski definition) is 1. The van der Waals surface area contributed by atoms with Gasteiger partial charge in [0.05, 0.1) is 0 Å². The van der Waals surface area contributed by atoms with E-state index < -0.39 is 0 Å². The zero-order chi connectivity index (χ0) is 7.68. The summed E-state index contributed by atoms with van der Waals surface area (Å²) in [5.41, 5.74) is 2.22. The summed E-state index contributed by atoms with van der Waals surface area (Å²) in [6.07, 6.45) is 1.50. The summed E-state index contributed by atoms with van der Waals surface area (Å²) in [5, 5.41) is 2.82. The van der Waals surface area contributed by atoms with Gasteiger partial charge >= 0.3 is 0 Å². The molecule has 0 atom stereocenters. The van der Waals surface area contributed by atoms with E-state index in [4.69, 9.17) is 0 Å². The Hall–Kier alpha value is -1.39. The van der Waals surface area contributed by atoms with Gasteiger partial charge in [0.25, 0.3) is 0 Å². The maximum Gasteiger partial charge on any atom is 0.224 e. The third-order valence-electron chi connectivity index (χ3n) is 1.91. The minimum Gasteiger partial charge on any atom is -0.412 e. The molecule has 2 rings (SSSR count). The summed E-state index contributed by atoms with van der Waals surface area (Å²) in [6, 6.07) is 7.92. The largest absolute Gasteiger partial charge is 0.412 e. The summed E-state index contributed by atoms with van der Waals surface area (Å²) >= 11 is 0. The Labute approximate surface area is 76.2 Å². The molecule has 72 valence electrons. The molecule has 0 spiro atoms. The van der Waals surface area contributed by atoms with Crippen LogP contribution >= 0.6 is 0 Å². The van der Waals surface area contributed by atoms with Gasteiger partial charge in [-0.05, 0) is 18.1 Å². The number of carbonyl (C=O) groups is 1. The maximum absolute atomic E-state index is 10.9. The van der Waals surface area contributed by atoms with Crippen LogP contribution in [0.4, 0.5) is 5.69 Å². The highest BCUT2D eigenvalue weighted by molar-refractivity contribution is 5.93. The van der Waals surface area contributed by atoms with Crippen LogP contribution in [0.25, 0.3) is 0 Å². The lowest BCUT2D eigenvalue weighted by Gasteiger charge is -2.15. The van der Waals surface area contributed by atoms with Crippen molar-refractivity contribution in [3.05, 3.63) is 29.8 Å². The van der Waals surface area contributed by atoms with Gasteiger partial charge in [-0.3, -0.25) is 4.79 Å². The maximum atomic E-state index is 10.9. The van der Waals surface area contributed by atoms with Crippen LogP contribution in [0.1, 0.15) is 12.0 Å². The monoisotopic (exact) mass is 183 g/mol. The number of para-hydroxylation sites is 1. The summed E-state index contributed by atoms with van der Waals surface area (Å²) in [5.74, 6) is 0.128. The lowest BCUT2D eigenvalue weighted by atomic mass is 10.0. The molecule has 4 heteroatoms. The molecule has 1 aliphatic rings. The third kappa shape index (κ3) is 2.27. The van der Waals surface area contributed by atoms with Gasteiger partial charge < -0.3 is 16.3 Å². The molecule has 0 radical (unpaired) electrons. The first-order chi connectivity index (χ1) is 5.36. The molecule has 0 bridgehead atoms. The van der Waals surface area contributed by atoms with Crippen LogP contribution in [0.15, 0.2) is 24.3 Å². The van der Waals surface area contributed by atoms with Crippen molar-refractivity contribution in [2.24, 2.45) is 0 Å². The summed E-state index contributed by atoms with van der Waals surface area (Å²) in [4.78, 5) is 10.9. The van der Waals surface area contributed by atoms with Crippen molar-refractivity contribution in [2.75, 3.05) is 5.32 Å². The van der Waals surface area contributed by atoms with Crippen molar-refractivity contribution in [3.8, 4) is 0 Å². The molecule has 0 aliphatic carbocycles. The van der Waals surface area contributed by atoms with E-state index in [1.54, 1.807) is 0 Å². The molecule has 1 aromatic rings. The molecule has 1 heterocycles. The standard InChI is InChI=1S/C9H9NO.2H2O/c11-9-6-5-7-3-1-2-4-8(7)10-9;;/h1-4H,5-6H2,(H,10,11);2*1H2. The normalized spacial score (nSPS) is 13.1. The summed E-state index contributed by atoms with van der Waals surface area (Å²) in [6.45, 7) is 0. The summed E-state index contributed by atoms with van der Waals surface area (Å²) in [7, 11) is 0. The van der Waals surface area contributed by atoms with Crippen LogP contribution in [0.5, 0.6) is 0 Å². The van der Waals surface area contributed by atoms with E-state index in [0.29, 0.717) is 6.42 Å². The number of benzene rings is 1. The van der Waals surface area contributed by atoms with Crippen molar-refractivity contribution in [1.29, 1.82) is 0 Å². The number of fused-ring (bicyclic) bond motifs is 1. The molecular formula is C9H13NO3. The highest BCUT2D eigenvalue weighted by atomic mass is 16.1. The van der Waals surface area contributed by atoms with Gasteiger partial charge in [-0.15, -0.1) is 0 Å². The van der Waals surface area contributed by atoms with Gasteiger partial charge in [-0.2, -0.15) is 0 Å². The Morgan fingerprint density at radius 1 is 1.08 bits per heavy atom. The number of rotatable bonds is 0. The summed E-state index contributed by atoms with van der Waals surface area (Å²) < 4.78 is 0. The smallest absolute Gasteiger partial charge is 0.224 e. The average molecular weight is 183 g/mol. The SMILES string of the molecule is O.O.O=C1CCc2ccccc2N1. The quantitative estimate of drug-likeness (QED) is 0.598. The van der Waals surface area contributed by atoms with Crippen LogP contribution in [0.2, 0.25) is 0 Å². The topological polar surface area (TPSA) is 92.1 Å². The molecule has 1 aromatic carbocycles. The number of hydrogen-bond donors (Lipinski definition) is 1. The van der Waals surface area contributed by atoms with Gasteiger partial charge in [0, 0.05) is 12.1 Å². The van der Waals surface area contributed by atoms with Crippen LogP contribution in [0, 0.1) is 0 Å². The van der Waals surface area contributed by atoms with Crippen LogP contribution in [0.3, 0.4) is 0 Å². The van der Waals surface area contributed by atoms with Gasteiger partial charge in [-0.25, -0.2) is 0 Å². The number of nitrogens with one attached hydrogen (secondary N) is 1. The Kier molecular flexibility index (Phi) is 4.10. The lowest BCUT2D eigenvalue weighted by Crippen LogP contribution is -2.18. The van der Waals surface area contributed by atoms with E-state index in [9.17, 15) is 4.79 Å². The van der Waals surface area contributed by atoms with Gasteiger partial charge in [-0.1, -0.05) is 18.2 Å². The predicted molar refractivity (Wildman–Crippen MR) is 50.6 cm³/mol. The number of aryl methyl sites for hydroxylation is 1. The highest BCUT2D eigenvalue weighted by Gasteiger charge is 2.12. The van der Waals surface area contributed by atoms with E-state index >= 15 is 0 Å². The highest BCUT2D eigenvalue weighted by Crippen LogP contribution is 2.20. The fourth-order valence-electron chi connectivity index (χ4n) is 1.32. The first-order valence-electron chi connectivity index (χ1n) is 3.74. The lowest BCUT2D eigenvalue weighted by molar-refractivity contribution is -0.116. The van der Waals surface area contributed by atoms with E-state index in [-0.39, 0.29) is 16.9 Å². The van der Waals surface area contributed by atoms with E-state index in [0.717, 1.165) is 12.1 Å². The fourth-order valence-corrected chi connectivity index (χ4v) is 1.32. The molecule has 1 aliphatic heterocycles. The zero-order valence-corrected chi connectivity index (χ0v) is 7.13. The third-order valence-corrected chi connectivity index (χ3v) is 1.91. The Balaban J connectivity index is 0.000000720. The molecule has 0 aromatic heterocycles. The van der Waals surface area contributed by atoms with Crippen LogP contribution in [-0.2, 0) is 11.2 Å². The molecular weight excluding hydrogens is 170 g/mol. The average Bonchev–Trinajstić information content (AvgIpc) is 2.04. The Morgan fingerprint density at radius 2 is 1.77 bits per heavy atom. The van der Waals surface area contributed by atoms with Gasteiger partial charge in [0.1, 0.15) is 0 Å². The molecule has 4 nitrogen and oxygen atoms in total. The number of amides is 1. The Morgan fingerprint density at radius 3 is 2.54 bits per heavy atom. The first-order valence-corrected chi connectivity index (χ1v) is 3.74. The van der Waals surface area contributed by atoms with Crippen LogP contribution in [-0.4, -0.2) is 16.9 Å². The van der Waals surface area contributed by atoms with E-state index in [1.807, 2.05) is 18.2 Å². The number of carbonyl (C=O) groups excluding carboxylic acids is 1. The van der Waals surface area contributed by atoms with Crippen molar-refractivity contribution in [1.82, 2.24) is 0 Å². The van der Waals surface area contributed by atoms with Crippen molar-refractivity contribution in [3.63, 3.8) is 0 Å². The molecule has 0 saturated carbocycles. The zero-order valence-electron chi connectivity index (χ0n) is 7.13. The van der Waals surface area contributed by atoms with Gasteiger partial charge in [0.15, 0.2) is 0 Å². The van der Waals surface area contributed by atoms with Crippen molar-refractivity contribution < 1.29 is 15.7 Å². The number of anilines is 1. The predicted octanol–water partition coefficient (Wildman–Crippen LogP) is -0.0781. The molecule has 13 heavy (non-hydrogen) atoms. The minimum absolute atomic E-state index is 0.